The highest BCUT2D eigenvalue weighted by atomic mass is 32.2. The first kappa shape index (κ1) is 20.4. The molecule has 0 saturated heterocycles. The van der Waals surface area contributed by atoms with Gasteiger partial charge in [0.15, 0.2) is 6.61 Å². The van der Waals surface area contributed by atoms with E-state index in [0.29, 0.717) is 17.4 Å². The van der Waals surface area contributed by atoms with Gasteiger partial charge in [0.25, 0.3) is 5.91 Å². The van der Waals surface area contributed by atoms with Gasteiger partial charge in [-0.3, -0.25) is 4.79 Å². The second kappa shape index (κ2) is 8.18. The topological polar surface area (TPSA) is 116 Å². The van der Waals surface area contributed by atoms with Gasteiger partial charge in [0.05, 0.1) is 10.5 Å². The summed E-state index contributed by atoms with van der Waals surface area (Å²) in [5, 5.41) is 8.01. The van der Waals surface area contributed by atoms with Gasteiger partial charge < -0.3 is 10.1 Å². The number of carbonyl (C=O) groups excluding carboxylic acids is 2. The standard InChI is InChI=1S/C18H26N2O5S/c1-11-5-4-6-16(13(11)3)20-17(21)10-25-18(22)15-9-14(26(19,23)24)8-7-12(15)2/h7-9,11,13,16H,4-6,10H2,1-3H3,(H,20,21)(H2,19,23,24). The van der Waals surface area contributed by atoms with E-state index in [9.17, 15) is 18.0 Å². The Balaban J connectivity index is 1.97. The Morgan fingerprint density at radius 3 is 2.62 bits per heavy atom. The minimum absolute atomic E-state index is 0.0731. The van der Waals surface area contributed by atoms with Gasteiger partial charge in [0.1, 0.15) is 0 Å². The molecule has 8 heteroatoms. The van der Waals surface area contributed by atoms with Gasteiger partial charge >= 0.3 is 5.97 Å². The highest BCUT2D eigenvalue weighted by molar-refractivity contribution is 7.89. The Kier molecular flexibility index (Phi) is 6.41. The van der Waals surface area contributed by atoms with Crippen LogP contribution in [0.3, 0.4) is 0 Å². The lowest BCUT2D eigenvalue weighted by Crippen LogP contribution is -2.45. The lowest BCUT2D eigenvalue weighted by molar-refractivity contribution is -0.125. The molecule has 1 aliphatic rings. The van der Waals surface area contributed by atoms with Crippen molar-refractivity contribution in [2.45, 2.75) is 51.0 Å². The van der Waals surface area contributed by atoms with Crippen molar-refractivity contribution in [2.24, 2.45) is 17.0 Å². The van der Waals surface area contributed by atoms with Gasteiger partial charge in [0.2, 0.25) is 10.0 Å². The van der Waals surface area contributed by atoms with Crippen LogP contribution in [-0.4, -0.2) is 32.9 Å². The molecule has 0 aromatic heterocycles. The van der Waals surface area contributed by atoms with E-state index in [1.807, 2.05) is 0 Å². The van der Waals surface area contributed by atoms with Crippen LogP contribution in [0.5, 0.6) is 0 Å². The molecule has 0 aliphatic heterocycles. The lowest BCUT2D eigenvalue weighted by atomic mass is 9.78. The van der Waals surface area contributed by atoms with Crippen molar-refractivity contribution in [3.8, 4) is 0 Å². The summed E-state index contributed by atoms with van der Waals surface area (Å²) in [5.41, 5.74) is 0.613. The Bertz CT molecular complexity index is 791. The summed E-state index contributed by atoms with van der Waals surface area (Å²) in [5.74, 6) is -0.199. The molecular formula is C18H26N2O5S. The molecule has 1 aromatic carbocycles. The molecule has 26 heavy (non-hydrogen) atoms. The smallest absolute Gasteiger partial charge is 0.338 e. The normalized spacial score (nSPS) is 23.3. The maximum Gasteiger partial charge on any atom is 0.338 e. The molecule has 2 rings (SSSR count). The number of ether oxygens (including phenoxy) is 1. The number of rotatable bonds is 5. The fraction of sp³-hybridized carbons (Fsp3) is 0.556. The third kappa shape index (κ3) is 5.04. The molecule has 1 aliphatic carbocycles. The molecule has 7 nitrogen and oxygen atoms in total. The third-order valence-electron chi connectivity index (χ3n) is 5.15. The average Bonchev–Trinajstić information content (AvgIpc) is 2.56. The van der Waals surface area contributed by atoms with E-state index in [4.69, 9.17) is 9.88 Å². The van der Waals surface area contributed by atoms with E-state index < -0.39 is 22.6 Å². The zero-order chi connectivity index (χ0) is 19.5. The minimum Gasteiger partial charge on any atom is -0.452 e. The zero-order valence-corrected chi connectivity index (χ0v) is 16.1. The first-order valence-electron chi connectivity index (χ1n) is 8.69. The molecule has 1 amide bonds. The number of nitrogens with one attached hydrogen (secondary N) is 1. The molecule has 0 heterocycles. The quantitative estimate of drug-likeness (QED) is 0.753. The highest BCUT2D eigenvalue weighted by Crippen LogP contribution is 2.29. The number of carbonyl (C=O) groups is 2. The number of nitrogens with two attached hydrogens (primary N) is 1. The Labute approximate surface area is 154 Å². The molecule has 0 radical (unpaired) electrons. The van der Waals surface area contributed by atoms with E-state index in [1.165, 1.54) is 12.1 Å². The molecule has 0 bridgehead atoms. The van der Waals surface area contributed by atoms with Gasteiger partial charge in [-0.25, -0.2) is 18.4 Å². The SMILES string of the molecule is Cc1ccc(S(N)(=O)=O)cc1C(=O)OCC(=O)NC1CCCC(C)C1C. The molecule has 1 aromatic rings. The van der Waals surface area contributed by atoms with Crippen molar-refractivity contribution in [1.82, 2.24) is 5.32 Å². The van der Waals surface area contributed by atoms with Crippen molar-refractivity contribution in [2.75, 3.05) is 6.61 Å². The predicted molar refractivity (Wildman–Crippen MR) is 96.9 cm³/mol. The van der Waals surface area contributed by atoms with Crippen LogP contribution in [0.1, 0.15) is 49.0 Å². The van der Waals surface area contributed by atoms with Crippen molar-refractivity contribution >= 4 is 21.9 Å². The molecule has 0 spiro atoms. The van der Waals surface area contributed by atoms with E-state index in [2.05, 4.69) is 19.2 Å². The number of benzene rings is 1. The number of esters is 1. The van der Waals surface area contributed by atoms with Crippen LogP contribution in [0.2, 0.25) is 0 Å². The maximum absolute atomic E-state index is 12.2. The minimum atomic E-state index is -3.92. The summed E-state index contributed by atoms with van der Waals surface area (Å²) >= 11 is 0. The largest absolute Gasteiger partial charge is 0.452 e. The third-order valence-corrected chi connectivity index (χ3v) is 6.06. The van der Waals surface area contributed by atoms with Crippen LogP contribution in [0, 0.1) is 18.8 Å². The number of sulfonamides is 1. The van der Waals surface area contributed by atoms with Crippen LogP contribution in [0.15, 0.2) is 23.1 Å². The van der Waals surface area contributed by atoms with Gasteiger partial charge in [-0.05, 0) is 42.9 Å². The summed E-state index contributed by atoms with van der Waals surface area (Å²) in [6, 6.07) is 4.04. The predicted octanol–water partition coefficient (Wildman–Crippen LogP) is 1.74. The first-order valence-corrected chi connectivity index (χ1v) is 10.2. The average molecular weight is 382 g/mol. The second-order valence-electron chi connectivity index (χ2n) is 7.04. The number of aryl methyl sites for hydroxylation is 1. The van der Waals surface area contributed by atoms with Crippen molar-refractivity contribution in [3.05, 3.63) is 29.3 Å². The van der Waals surface area contributed by atoms with Crippen molar-refractivity contribution in [3.63, 3.8) is 0 Å². The van der Waals surface area contributed by atoms with Crippen LogP contribution in [0.25, 0.3) is 0 Å². The summed E-state index contributed by atoms with van der Waals surface area (Å²) in [6.45, 7) is 5.53. The molecule has 1 fully saturated rings. The van der Waals surface area contributed by atoms with E-state index in [1.54, 1.807) is 6.92 Å². The number of hydrogen-bond donors (Lipinski definition) is 2. The van der Waals surface area contributed by atoms with Gasteiger partial charge in [0, 0.05) is 6.04 Å². The van der Waals surface area contributed by atoms with E-state index in [0.717, 1.165) is 25.3 Å². The summed E-state index contributed by atoms with van der Waals surface area (Å²) < 4.78 is 27.9. The molecule has 144 valence electrons. The summed E-state index contributed by atoms with van der Waals surface area (Å²) in [6.07, 6.45) is 3.14. The molecular weight excluding hydrogens is 356 g/mol. The summed E-state index contributed by atoms with van der Waals surface area (Å²) in [4.78, 5) is 24.1. The highest BCUT2D eigenvalue weighted by Gasteiger charge is 2.28. The van der Waals surface area contributed by atoms with E-state index >= 15 is 0 Å². The number of amides is 1. The van der Waals surface area contributed by atoms with Crippen molar-refractivity contribution in [1.29, 1.82) is 0 Å². The van der Waals surface area contributed by atoms with E-state index in [-0.39, 0.29) is 22.4 Å². The molecule has 3 atom stereocenters. The molecule has 1 saturated carbocycles. The van der Waals surface area contributed by atoms with Crippen LogP contribution in [-0.2, 0) is 19.6 Å². The summed E-state index contributed by atoms with van der Waals surface area (Å²) in [7, 11) is -3.92. The Morgan fingerprint density at radius 2 is 1.96 bits per heavy atom. The number of hydrogen-bond acceptors (Lipinski definition) is 5. The number of primary sulfonamides is 1. The Morgan fingerprint density at radius 1 is 1.27 bits per heavy atom. The van der Waals surface area contributed by atoms with Crippen LogP contribution >= 0.6 is 0 Å². The molecule has 3 N–H and O–H groups in total. The van der Waals surface area contributed by atoms with Crippen LogP contribution < -0.4 is 10.5 Å². The fourth-order valence-corrected chi connectivity index (χ4v) is 3.78. The first-order chi connectivity index (χ1) is 12.1. The fourth-order valence-electron chi connectivity index (χ4n) is 3.24. The van der Waals surface area contributed by atoms with Gasteiger partial charge in [-0.1, -0.05) is 32.8 Å². The monoisotopic (exact) mass is 382 g/mol. The zero-order valence-electron chi connectivity index (χ0n) is 15.3. The lowest BCUT2D eigenvalue weighted by Gasteiger charge is -2.34. The van der Waals surface area contributed by atoms with Gasteiger partial charge in [-0.15, -0.1) is 0 Å². The molecule has 3 unspecified atom stereocenters. The maximum atomic E-state index is 12.2. The van der Waals surface area contributed by atoms with Crippen molar-refractivity contribution < 1.29 is 22.7 Å². The van der Waals surface area contributed by atoms with Gasteiger partial charge in [-0.2, -0.15) is 0 Å². The van der Waals surface area contributed by atoms with Crippen LogP contribution in [0.4, 0.5) is 0 Å². The Hall–Kier alpha value is -1.93. The second-order valence-corrected chi connectivity index (χ2v) is 8.60.